The van der Waals surface area contributed by atoms with E-state index in [0.717, 1.165) is 42.5 Å². The van der Waals surface area contributed by atoms with Crippen molar-refractivity contribution in [2.45, 2.75) is 44.8 Å². The summed E-state index contributed by atoms with van der Waals surface area (Å²) < 4.78 is 45.5. The third kappa shape index (κ3) is 5.19. The number of cyclic esters (lactones) is 1. The third-order valence-corrected chi connectivity index (χ3v) is 8.72. The second-order valence-electron chi connectivity index (χ2n) is 10.3. The molecule has 2 aliphatic carbocycles. The standard InChI is InChI=1S/C27H31FN2O4S/c1-16-26-24(11-8-21-7-6-18(15-29-21)17-4-3-5-20(28)12-17)23-10-9-22(30-35(2,32)33)13-19(23)14-25(26)27(31)34-16/h3-8,11-12,15-16,19,22-26,30H,9-10,13-14H2,1-2H3/b11-8+/t16-,19+,22?,23-,24+,25-,26+/m1/s1. The van der Waals surface area contributed by atoms with Gasteiger partial charge in [0.1, 0.15) is 11.9 Å². The van der Waals surface area contributed by atoms with Crippen LogP contribution in [-0.4, -0.2) is 37.8 Å². The van der Waals surface area contributed by atoms with Gasteiger partial charge in [0.25, 0.3) is 0 Å². The minimum atomic E-state index is -3.27. The molecule has 8 heteroatoms. The van der Waals surface area contributed by atoms with Crippen LogP contribution in [0.2, 0.25) is 0 Å². The Hall–Kier alpha value is -2.58. The van der Waals surface area contributed by atoms with Gasteiger partial charge in [0, 0.05) is 23.7 Å². The summed E-state index contributed by atoms with van der Waals surface area (Å²) in [7, 11) is -3.27. The van der Waals surface area contributed by atoms with Gasteiger partial charge in [0.15, 0.2) is 0 Å². The van der Waals surface area contributed by atoms with E-state index in [2.05, 4.69) is 15.8 Å². The van der Waals surface area contributed by atoms with Crippen molar-refractivity contribution >= 4 is 22.1 Å². The number of fused-ring (bicyclic) bond motifs is 2. The molecule has 0 amide bonds. The van der Waals surface area contributed by atoms with Crippen LogP contribution < -0.4 is 4.72 Å². The van der Waals surface area contributed by atoms with Crippen molar-refractivity contribution in [3.63, 3.8) is 0 Å². The second kappa shape index (κ2) is 9.47. The number of aromatic nitrogens is 1. The molecular weight excluding hydrogens is 467 g/mol. The highest BCUT2D eigenvalue weighted by molar-refractivity contribution is 7.88. The molecule has 6 nitrogen and oxygen atoms in total. The van der Waals surface area contributed by atoms with Crippen molar-refractivity contribution in [1.82, 2.24) is 9.71 Å². The summed E-state index contributed by atoms with van der Waals surface area (Å²) in [6.07, 6.45) is 10.2. The number of nitrogens with one attached hydrogen (secondary N) is 1. The first-order chi connectivity index (χ1) is 16.7. The minimum absolute atomic E-state index is 0.0840. The molecule has 2 aromatic rings. The summed E-state index contributed by atoms with van der Waals surface area (Å²) in [5, 5.41) is 0. The van der Waals surface area contributed by atoms with Crippen molar-refractivity contribution in [1.29, 1.82) is 0 Å². The van der Waals surface area contributed by atoms with Gasteiger partial charge >= 0.3 is 5.97 Å². The average Bonchev–Trinajstić information content (AvgIpc) is 3.09. The number of sulfonamides is 1. The summed E-state index contributed by atoms with van der Waals surface area (Å²) in [4.78, 5) is 17.2. The van der Waals surface area contributed by atoms with Crippen molar-refractivity contribution < 1.29 is 22.3 Å². The van der Waals surface area contributed by atoms with Gasteiger partial charge in [0.2, 0.25) is 10.0 Å². The summed E-state index contributed by atoms with van der Waals surface area (Å²) >= 11 is 0. The predicted molar refractivity (Wildman–Crippen MR) is 132 cm³/mol. The molecule has 1 N–H and O–H groups in total. The molecule has 1 aliphatic heterocycles. The Morgan fingerprint density at radius 2 is 1.97 bits per heavy atom. The largest absolute Gasteiger partial charge is 0.462 e. The molecular formula is C27H31FN2O4S. The highest BCUT2D eigenvalue weighted by Gasteiger charge is 2.54. The molecule has 5 rings (SSSR count). The molecule has 0 spiro atoms. The SMILES string of the molecule is C[C@H]1OC(=O)[C@@H]2C[C@@H]3CC(NS(C)(=O)=O)CC[C@H]3[C@H](/C=C/c3ccc(-c4cccc(F)c4)cn3)[C@H]12. The number of halogens is 1. The van der Waals surface area contributed by atoms with Crippen LogP contribution in [0, 0.1) is 35.4 Å². The van der Waals surface area contributed by atoms with Gasteiger partial charge < -0.3 is 4.74 Å². The van der Waals surface area contributed by atoms with Crippen LogP contribution in [0.25, 0.3) is 17.2 Å². The molecule has 0 bridgehead atoms. The maximum atomic E-state index is 13.6. The smallest absolute Gasteiger partial charge is 0.309 e. The lowest BCUT2D eigenvalue weighted by molar-refractivity contribution is -0.144. The Labute approximate surface area is 206 Å². The fourth-order valence-electron chi connectivity index (χ4n) is 6.58. The van der Waals surface area contributed by atoms with Crippen LogP contribution in [0.5, 0.6) is 0 Å². The number of hydrogen-bond donors (Lipinski definition) is 1. The van der Waals surface area contributed by atoms with Crippen molar-refractivity contribution in [3.05, 3.63) is 60.2 Å². The zero-order valence-corrected chi connectivity index (χ0v) is 20.7. The highest BCUT2D eigenvalue weighted by atomic mass is 32.2. The van der Waals surface area contributed by atoms with Crippen molar-refractivity contribution in [2.75, 3.05) is 6.26 Å². The summed E-state index contributed by atoms with van der Waals surface area (Å²) in [6, 6.07) is 10.2. The van der Waals surface area contributed by atoms with E-state index in [1.54, 1.807) is 12.3 Å². The van der Waals surface area contributed by atoms with E-state index in [-0.39, 0.29) is 47.6 Å². The lowest BCUT2D eigenvalue weighted by atomic mass is 9.57. The van der Waals surface area contributed by atoms with Crippen LogP contribution in [0.15, 0.2) is 48.7 Å². The Bertz CT molecular complexity index is 1230. The fourth-order valence-corrected chi connectivity index (χ4v) is 7.40. The topological polar surface area (TPSA) is 85.4 Å². The van der Waals surface area contributed by atoms with Gasteiger partial charge in [-0.1, -0.05) is 24.3 Å². The van der Waals surface area contributed by atoms with E-state index in [1.807, 2.05) is 31.2 Å². The average molecular weight is 499 g/mol. The van der Waals surface area contributed by atoms with Gasteiger partial charge in [-0.2, -0.15) is 0 Å². The predicted octanol–water partition coefficient (Wildman–Crippen LogP) is 4.43. The van der Waals surface area contributed by atoms with Crippen LogP contribution in [0.4, 0.5) is 4.39 Å². The monoisotopic (exact) mass is 498 g/mol. The minimum Gasteiger partial charge on any atom is -0.462 e. The number of allylic oxidation sites excluding steroid dienone is 1. The summed E-state index contributed by atoms with van der Waals surface area (Å²) in [6.45, 7) is 1.98. The quantitative estimate of drug-likeness (QED) is 0.617. The zero-order chi connectivity index (χ0) is 24.7. The van der Waals surface area contributed by atoms with E-state index >= 15 is 0 Å². The van der Waals surface area contributed by atoms with Gasteiger partial charge in [0.05, 0.1) is 17.9 Å². The van der Waals surface area contributed by atoms with E-state index in [0.29, 0.717) is 5.92 Å². The first-order valence-corrected chi connectivity index (χ1v) is 14.1. The number of pyridine rings is 1. The highest BCUT2D eigenvalue weighted by Crippen LogP contribution is 2.53. The normalized spacial score (nSPS) is 32.8. The summed E-state index contributed by atoms with van der Waals surface area (Å²) in [5.74, 6) is 0.344. The maximum Gasteiger partial charge on any atom is 0.309 e. The lowest BCUT2D eigenvalue weighted by Gasteiger charge is -2.47. The number of nitrogens with zero attached hydrogens (tertiary/aromatic N) is 1. The molecule has 7 atom stereocenters. The molecule has 1 aromatic carbocycles. The fraction of sp³-hybridized carbons (Fsp3) is 0.481. The Balaban J connectivity index is 1.37. The Kier molecular flexibility index (Phi) is 6.53. The van der Waals surface area contributed by atoms with E-state index < -0.39 is 10.0 Å². The molecule has 3 fully saturated rings. The maximum absolute atomic E-state index is 13.6. The molecule has 0 radical (unpaired) electrons. The van der Waals surface area contributed by atoms with E-state index in [9.17, 15) is 17.6 Å². The first-order valence-electron chi connectivity index (χ1n) is 12.3. The van der Waals surface area contributed by atoms with Gasteiger partial charge in [-0.05, 0) is 80.2 Å². The van der Waals surface area contributed by atoms with E-state index in [1.165, 1.54) is 18.4 Å². The van der Waals surface area contributed by atoms with Gasteiger partial charge in [-0.15, -0.1) is 0 Å². The molecule has 3 aliphatic rings. The number of rotatable bonds is 5. The lowest BCUT2D eigenvalue weighted by Crippen LogP contribution is -2.48. The molecule has 186 valence electrons. The molecule has 35 heavy (non-hydrogen) atoms. The third-order valence-electron chi connectivity index (χ3n) is 7.96. The molecule has 1 aromatic heterocycles. The Morgan fingerprint density at radius 3 is 2.69 bits per heavy atom. The van der Waals surface area contributed by atoms with Gasteiger partial charge in [-0.25, -0.2) is 17.5 Å². The molecule has 2 saturated carbocycles. The number of carbonyl (C=O) groups is 1. The zero-order valence-electron chi connectivity index (χ0n) is 19.9. The van der Waals surface area contributed by atoms with Crippen molar-refractivity contribution in [2.24, 2.45) is 29.6 Å². The molecule has 1 unspecified atom stereocenters. The van der Waals surface area contributed by atoms with Gasteiger partial charge in [-0.3, -0.25) is 9.78 Å². The van der Waals surface area contributed by atoms with Crippen LogP contribution in [0.1, 0.15) is 38.3 Å². The van der Waals surface area contributed by atoms with Crippen molar-refractivity contribution in [3.8, 4) is 11.1 Å². The van der Waals surface area contributed by atoms with Crippen LogP contribution >= 0.6 is 0 Å². The number of benzene rings is 1. The van der Waals surface area contributed by atoms with Crippen LogP contribution in [-0.2, 0) is 19.6 Å². The number of carbonyl (C=O) groups excluding carboxylic acids is 1. The molecule has 1 saturated heterocycles. The molecule has 2 heterocycles. The van der Waals surface area contributed by atoms with E-state index in [4.69, 9.17) is 4.74 Å². The first kappa shape index (κ1) is 24.1. The number of hydrogen-bond acceptors (Lipinski definition) is 5. The Morgan fingerprint density at radius 1 is 1.14 bits per heavy atom. The second-order valence-corrected chi connectivity index (χ2v) is 12.1. The number of esters is 1. The van der Waals surface area contributed by atoms with Crippen LogP contribution in [0.3, 0.4) is 0 Å². The summed E-state index contributed by atoms with van der Waals surface area (Å²) in [5.41, 5.74) is 2.43. The number of ether oxygens (including phenoxy) is 1.